The van der Waals surface area contributed by atoms with Crippen molar-refractivity contribution in [2.75, 3.05) is 5.32 Å². The van der Waals surface area contributed by atoms with Crippen molar-refractivity contribution < 1.29 is 4.79 Å². The summed E-state index contributed by atoms with van der Waals surface area (Å²) in [7, 11) is 0. The van der Waals surface area contributed by atoms with E-state index in [4.69, 9.17) is 0 Å². The van der Waals surface area contributed by atoms with E-state index in [1.54, 1.807) is 12.4 Å². The van der Waals surface area contributed by atoms with Gasteiger partial charge in [-0.15, -0.1) is 0 Å². The minimum atomic E-state index is -0.279. The first-order valence-electron chi connectivity index (χ1n) is 7.45. The van der Waals surface area contributed by atoms with Gasteiger partial charge in [-0.3, -0.25) is 9.97 Å². The van der Waals surface area contributed by atoms with Gasteiger partial charge < -0.3 is 10.6 Å². The van der Waals surface area contributed by atoms with E-state index in [2.05, 4.69) is 41.4 Å². The normalized spacial score (nSPS) is 12.2. The lowest BCUT2D eigenvalue weighted by atomic mass is 9.82. The molecule has 2 aromatic rings. The Bertz CT molecular complexity index is 674. The quantitative estimate of drug-likeness (QED) is 0.901. The highest BCUT2D eigenvalue weighted by atomic mass is 16.2. The maximum Gasteiger partial charge on any atom is 0.319 e. The highest BCUT2D eigenvalue weighted by molar-refractivity contribution is 5.92. The first-order chi connectivity index (χ1) is 10.1. The second-order valence-electron chi connectivity index (χ2n) is 7.46. The second kappa shape index (κ2) is 5.91. The first kappa shape index (κ1) is 16.2. The van der Waals surface area contributed by atoms with Crippen LogP contribution in [0.1, 0.15) is 41.0 Å². The van der Waals surface area contributed by atoms with Gasteiger partial charge >= 0.3 is 6.03 Å². The van der Waals surface area contributed by atoms with Crippen LogP contribution in [0.2, 0.25) is 0 Å². The van der Waals surface area contributed by atoms with Crippen molar-refractivity contribution in [1.82, 2.24) is 15.3 Å². The number of hydrogen-bond acceptors (Lipinski definition) is 3. The predicted octanol–water partition coefficient (Wildman–Crippen LogP) is 3.97. The Balaban J connectivity index is 2.04. The van der Waals surface area contributed by atoms with E-state index in [0.717, 1.165) is 17.5 Å². The van der Waals surface area contributed by atoms with E-state index < -0.39 is 0 Å². The molecular weight excluding hydrogens is 276 g/mol. The summed E-state index contributed by atoms with van der Waals surface area (Å²) in [5, 5.41) is 5.88. The third-order valence-electron chi connectivity index (χ3n) is 3.15. The SMILES string of the molecule is CC(C)(C)CC(C)(C)NC(=O)Nc1ccc2nccnc2c1. The van der Waals surface area contributed by atoms with Crippen molar-refractivity contribution in [2.24, 2.45) is 5.41 Å². The molecule has 0 radical (unpaired) electrons. The van der Waals surface area contributed by atoms with Crippen LogP contribution in [-0.2, 0) is 0 Å². The molecule has 0 atom stereocenters. The summed E-state index contributed by atoms with van der Waals surface area (Å²) in [6.07, 6.45) is 4.17. The van der Waals surface area contributed by atoms with Gasteiger partial charge in [0.05, 0.1) is 11.0 Å². The molecule has 1 aromatic carbocycles. The van der Waals surface area contributed by atoms with E-state index in [1.165, 1.54) is 0 Å². The monoisotopic (exact) mass is 300 g/mol. The molecule has 22 heavy (non-hydrogen) atoms. The minimum absolute atomic E-state index is 0.148. The van der Waals surface area contributed by atoms with Gasteiger partial charge in [0.15, 0.2) is 0 Å². The fourth-order valence-corrected chi connectivity index (χ4v) is 2.88. The van der Waals surface area contributed by atoms with Crippen molar-refractivity contribution in [3.05, 3.63) is 30.6 Å². The number of fused-ring (bicyclic) bond motifs is 1. The van der Waals surface area contributed by atoms with E-state index >= 15 is 0 Å². The Labute approximate surface area is 131 Å². The standard InChI is InChI=1S/C17H24N4O/c1-16(2,3)11-17(4,5)21-15(22)20-12-6-7-13-14(10-12)19-9-8-18-13/h6-10H,11H2,1-5H3,(H2,20,21,22). The number of hydrogen-bond donors (Lipinski definition) is 2. The van der Waals surface area contributed by atoms with Gasteiger partial charge in [-0.2, -0.15) is 0 Å². The van der Waals surface area contributed by atoms with Crippen LogP contribution < -0.4 is 10.6 Å². The molecular formula is C17H24N4O. The average Bonchev–Trinajstić information content (AvgIpc) is 2.34. The number of amides is 2. The zero-order chi connectivity index (χ0) is 16.4. The molecule has 2 rings (SSSR count). The lowest BCUT2D eigenvalue weighted by Gasteiger charge is -2.33. The zero-order valence-electron chi connectivity index (χ0n) is 13.9. The van der Waals surface area contributed by atoms with Gasteiger partial charge in [0.25, 0.3) is 0 Å². The molecule has 1 heterocycles. The number of benzene rings is 1. The molecule has 0 saturated carbocycles. The Morgan fingerprint density at radius 2 is 1.68 bits per heavy atom. The van der Waals surface area contributed by atoms with E-state index in [1.807, 2.05) is 32.0 Å². The Kier molecular flexibility index (Phi) is 4.35. The number of rotatable bonds is 3. The molecule has 2 N–H and O–H groups in total. The van der Waals surface area contributed by atoms with Gasteiger partial charge in [0.2, 0.25) is 0 Å². The molecule has 1 aromatic heterocycles. The zero-order valence-corrected chi connectivity index (χ0v) is 13.9. The Hall–Kier alpha value is -2.17. The van der Waals surface area contributed by atoms with Crippen LogP contribution in [0.15, 0.2) is 30.6 Å². The highest BCUT2D eigenvalue weighted by Gasteiger charge is 2.26. The third kappa shape index (κ3) is 4.69. The van der Waals surface area contributed by atoms with Crippen molar-refractivity contribution in [3.8, 4) is 0 Å². The molecule has 5 heteroatoms. The fraction of sp³-hybridized carbons (Fsp3) is 0.471. The smallest absolute Gasteiger partial charge is 0.319 e. The van der Waals surface area contributed by atoms with Crippen LogP contribution in [0.3, 0.4) is 0 Å². The number of carbonyl (C=O) groups excluding carboxylic acids is 1. The van der Waals surface area contributed by atoms with Crippen molar-refractivity contribution in [3.63, 3.8) is 0 Å². The Morgan fingerprint density at radius 1 is 1.05 bits per heavy atom. The van der Waals surface area contributed by atoms with E-state index in [9.17, 15) is 4.79 Å². The summed E-state index contributed by atoms with van der Waals surface area (Å²) in [6.45, 7) is 10.6. The van der Waals surface area contributed by atoms with Crippen molar-refractivity contribution in [2.45, 2.75) is 46.6 Å². The van der Waals surface area contributed by atoms with E-state index in [-0.39, 0.29) is 17.0 Å². The lowest BCUT2D eigenvalue weighted by Crippen LogP contribution is -2.47. The topological polar surface area (TPSA) is 66.9 Å². The number of anilines is 1. The van der Waals surface area contributed by atoms with Gasteiger partial charge in [-0.25, -0.2) is 4.79 Å². The van der Waals surface area contributed by atoms with Crippen molar-refractivity contribution >= 4 is 22.8 Å². The largest absolute Gasteiger partial charge is 0.333 e. The molecule has 5 nitrogen and oxygen atoms in total. The summed E-state index contributed by atoms with van der Waals surface area (Å²) in [5.41, 5.74) is 2.14. The maximum absolute atomic E-state index is 12.2. The number of urea groups is 1. The third-order valence-corrected chi connectivity index (χ3v) is 3.15. The number of nitrogens with zero attached hydrogens (tertiary/aromatic N) is 2. The van der Waals surface area contributed by atoms with Crippen molar-refractivity contribution in [1.29, 1.82) is 0 Å². The van der Waals surface area contributed by atoms with Crippen LogP contribution in [0, 0.1) is 5.41 Å². The number of nitrogens with one attached hydrogen (secondary N) is 2. The van der Waals surface area contributed by atoms with Gasteiger partial charge in [-0.1, -0.05) is 20.8 Å². The highest BCUT2D eigenvalue weighted by Crippen LogP contribution is 2.26. The predicted molar refractivity (Wildman–Crippen MR) is 89.8 cm³/mol. The minimum Gasteiger partial charge on any atom is -0.333 e. The summed E-state index contributed by atoms with van der Waals surface area (Å²) in [6, 6.07) is 5.28. The van der Waals surface area contributed by atoms with Gasteiger partial charge in [0, 0.05) is 23.6 Å². The molecule has 2 amide bonds. The lowest BCUT2D eigenvalue weighted by molar-refractivity contribution is 0.220. The van der Waals surface area contributed by atoms with Crippen LogP contribution in [0.4, 0.5) is 10.5 Å². The number of carbonyl (C=O) groups is 1. The molecule has 0 aliphatic rings. The summed E-state index contributed by atoms with van der Waals surface area (Å²) >= 11 is 0. The molecule has 0 spiro atoms. The molecule has 0 aliphatic heterocycles. The summed E-state index contributed by atoms with van der Waals surface area (Å²) in [4.78, 5) is 20.6. The van der Waals surface area contributed by atoms with Gasteiger partial charge in [-0.05, 0) is 43.9 Å². The molecule has 0 fully saturated rings. The summed E-state index contributed by atoms with van der Waals surface area (Å²) in [5.74, 6) is 0. The first-order valence-corrected chi connectivity index (χ1v) is 7.45. The van der Waals surface area contributed by atoms with E-state index in [0.29, 0.717) is 5.69 Å². The average molecular weight is 300 g/mol. The molecule has 0 aliphatic carbocycles. The maximum atomic E-state index is 12.2. The summed E-state index contributed by atoms with van der Waals surface area (Å²) < 4.78 is 0. The molecule has 0 bridgehead atoms. The van der Waals surface area contributed by atoms with Crippen LogP contribution in [0.25, 0.3) is 11.0 Å². The fourth-order valence-electron chi connectivity index (χ4n) is 2.88. The number of aromatic nitrogens is 2. The molecule has 0 unspecified atom stereocenters. The van der Waals surface area contributed by atoms with Gasteiger partial charge in [0.1, 0.15) is 0 Å². The van der Waals surface area contributed by atoms with Crippen LogP contribution in [-0.4, -0.2) is 21.5 Å². The Morgan fingerprint density at radius 3 is 2.32 bits per heavy atom. The van der Waals surface area contributed by atoms with Crippen LogP contribution in [0.5, 0.6) is 0 Å². The molecule has 118 valence electrons. The second-order valence-corrected chi connectivity index (χ2v) is 7.46. The van der Waals surface area contributed by atoms with Crippen LogP contribution >= 0.6 is 0 Å². The molecule has 0 saturated heterocycles.